The number of nitro groups is 1. The van der Waals surface area contributed by atoms with E-state index in [9.17, 15) is 15.4 Å². The van der Waals surface area contributed by atoms with Crippen molar-refractivity contribution in [3.05, 3.63) is 38.9 Å². The monoisotopic (exact) mass is 325 g/mol. The molecule has 21 heavy (non-hydrogen) atoms. The van der Waals surface area contributed by atoms with E-state index >= 15 is 0 Å². The molecule has 0 aromatic heterocycles. The molecule has 5 nitrogen and oxygen atoms in total. The lowest BCUT2D eigenvalue weighted by Crippen LogP contribution is -2.41. The van der Waals surface area contributed by atoms with E-state index in [0.717, 1.165) is 25.9 Å². The van der Waals surface area contributed by atoms with Crippen molar-refractivity contribution >= 4 is 29.1 Å². The third-order valence-electron chi connectivity index (χ3n) is 3.90. The second kappa shape index (κ2) is 6.65. The summed E-state index contributed by atoms with van der Waals surface area (Å²) in [6.07, 6.45) is 3.53. The summed E-state index contributed by atoms with van der Waals surface area (Å²) in [7, 11) is 0. The minimum Gasteiger partial charge on any atom is -0.299 e. The number of nitro benzene ring substituents is 1. The molecule has 1 aliphatic heterocycles. The second-order valence-corrected chi connectivity index (χ2v) is 6.74. The van der Waals surface area contributed by atoms with E-state index in [0.29, 0.717) is 17.1 Å². The first-order chi connectivity index (χ1) is 9.99. The Morgan fingerprint density at radius 3 is 2.71 bits per heavy atom. The number of halogens is 1. The van der Waals surface area contributed by atoms with E-state index in [2.05, 4.69) is 11.0 Å². The van der Waals surface area contributed by atoms with Crippen LogP contribution in [0.4, 0.5) is 5.69 Å². The van der Waals surface area contributed by atoms with Gasteiger partial charge in [0.1, 0.15) is 4.75 Å². The van der Waals surface area contributed by atoms with Crippen molar-refractivity contribution in [3.63, 3.8) is 0 Å². The Labute approximate surface area is 133 Å². The minimum atomic E-state index is -0.396. The van der Waals surface area contributed by atoms with Crippen LogP contribution in [0.5, 0.6) is 0 Å². The molecule has 1 saturated heterocycles. The predicted molar refractivity (Wildman–Crippen MR) is 84.5 cm³/mol. The summed E-state index contributed by atoms with van der Waals surface area (Å²) in [6, 6.07) is 7.18. The van der Waals surface area contributed by atoms with Gasteiger partial charge in [-0.25, -0.2) is 0 Å². The maximum atomic E-state index is 11.1. The number of hydrogen-bond acceptors (Lipinski definition) is 5. The van der Waals surface area contributed by atoms with Gasteiger partial charge in [-0.3, -0.25) is 15.0 Å². The SMILES string of the molecule is CSC1(C#N)CCN(Cc2ccc(Cl)cc2[N+](=O)[O-])CC1. The fourth-order valence-electron chi connectivity index (χ4n) is 2.52. The van der Waals surface area contributed by atoms with E-state index in [1.54, 1.807) is 23.9 Å². The highest BCUT2D eigenvalue weighted by atomic mass is 35.5. The Morgan fingerprint density at radius 2 is 2.19 bits per heavy atom. The second-order valence-electron chi connectivity index (χ2n) is 5.12. The number of piperidine rings is 1. The van der Waals surface area contributed by atoms with E-state index in [-0.39, 0.29) is 10.4 Å². The largest absolute Gasteiger partial charge is 0.299 e. The van der Waals surface area contributed by atoms with Crippen LogP contribution in [0.1, 0.15) is 18.4 Å². The Kier molecular flexibility index (Phi) is 5.09. The Bertz CT molecular complexity index is 580. The molecule has 0 radical (unpaired) electrons. The van der Waals surface area contributed by atoms with Crippen molar-refractivity contribution in [1.29, 1.82) is 5.26 Å². The zero-order valence-electron chi connectivity index (χ0n) is 11.7. The van der Waals surface area contributed by atoms with Crippen LogP contribution in [-0.2, 0) is 6.54 Å². The van der Waals surface area contributed by atoms with Crippen LogP contribution in [0.15, 0.2) is 18.2 Å². The lowest BCUT2D eigenvalue weighted by molar-refractivity contribution is -0.385. The molecule has 1 fully saturated rings. The third-order valence-corrected chi connectivity index (χ3v) is 5.41. The van der Waals surface area contributed by atoms with Crippen molar-refractivity contribution in [2.75, 3.05) is 19.3 Å². The van der Waals surface area contributed by atoms with Gasteiger partial charge in [0.2, 0.25) is 0 Å². The number of rotatable bonds is 4. The zero-order chi connectivity index (χ0) is 15.5. The highest BCUT2D eigenvalue weighted by Gasteiger charge is 2.34. The highest BCUT2D eigenvalue weighted by molar-refractivity contribution is 8.00. The Hall–Kier alpha value is -1.29. The molecule has 1 aliphatic rings. The first kappa shape index (κ1) is 16.1. The van der Waals surface area contributed by atoms with Crippen molar-refractivity contribution < 1.29 is 4.92 Å². The molecule has 0 amide bonds. The fraction of sp³-hybridized carbons (Fsp3) is 0.500. The van der Waals surface area contributed by atoms with Crippen LogP contribution in [-0.4, -0.2) is 33.9 Å². The molecule has 0 saturated carbocycles. The number of nitrogens with zero attached hydrogens (tertiary/aromatic N) is 3. The molecule has 1 aromatic carbocycles. The number of nitriles is 1. The van der Waals surface area contributed by atoms with E-state index in [4.69, 9.17) is 11.6 Å². The van der Waals surface area contributed by atoms with Crippen molar-refractivity contribution in [2.45, 2.75) is 24.1 Å². The molecule has 0 spiro atoms. The molecule has 1 heterocycles. The molecule has 2 rings (SSSR count). The van der Waals surface area contributed by atoms with Gasteiger partial charge in [0.15, 0.2) is 0 Å². The summed E-state index contributed by atoms with van der Waals surface area (Å²) in [5.74, 6) is 0. The molecule has 7 heteroatoms. The molecule has 0 unspecified atom stereocenters. The summed E-state index contributed by atoms with van der Waals surface area (Å²) in [6.45, 7) is 2.06. The van der Waals surface area contributed by atoms with Crippen LogP contribution in [0.3, 0.4) is 0 Å². The average molecular weight is 326 g/mol. The first-order valence-electron chi connectivity index (χ1n) is 6.61. The van der Waals surface area contributed by atoms with Crippen LogP contribution in [0, 0.1) is 21.4 Å². The van der Waals surface area contributed by atoms with Gasteiger partial charge in [-0.2, -0.15) is 5.26 Å². The van der Waals surface area contributed by atoms with Crippen LogP contribution in [0.25, 0.3) is 0 Å². The quantitative estimate of drug-likeness (QED) is 0.626. The molecular formula is C14H16ClN3O2S. The zero-order valence-corrected chi connectivity index (χ0v) is 13.3. The van der Waals surface area contributed by atoms with Crippen LogP contribution >= 0.6 is 23.4 Å². The van der Waals surface area contributed by atoms with Crippen LogP contribution < -0.4 is 0 Å². The molecule has 0 atom stereocenters. The lowest BCUT2D eigenvalue weighted by atomic mass is 9.97. The fourth-order valence-corrected chi connectivity index (χ4v) is 3.36. The Morgan fingerprint density at radius 1 is 1.52 bits per heavy atom. The molecule has 112 valence electrons. The van der Waals surface area contributed by atoms with Crippen molar-refractivity contribution in [3.8, 4) is 6.07 Å². The lowest BCUT2D eigenvalue weighted by Gasteiger charge is -2.36. The highest BCUT2D eigenvalue weighted by Crippen LogP contribution is 2.34. The van der Waals surface area contributed by atoms with Gasteiger partial charge in [0.05, 0.1) is 11.0 Å². The van der Waals surface area contributed by atoms with Gasteiger partial charge in [-0.1, -0.05) is 11.6 Å². The average Bonchev–Trinajstić information content (AvgIpc) is 2.50. The summed E-state index contributed by atoms with van der Waals surface area (Å²) in [4.78, 5) is 12.9. The van der Waals surface area contributed by atoms with Crippen molar-refractivity contribution in [1.82, 2.24) is 4.90 Å². The summed E-state index contributed by atoms with van der Waals surface area (Å²) >= 11 is 7.42. The van der Waals surface area contributed by atoms with Gasteiger partial charge >= 0.3 is 0 Å². The summed E-state index contributed by atoms with van der Waals surface area (Å²) < 4.78 is -0.303. The third kappa shape index (κ3) is 3.67. The molecule has 0 aliphatic carbocycles. The van der Waals surface area contributed by atoms with E-state index < -0.39 is 4.92 Å². The number of benzene rings is 1. The van der Waals surface area contributed by atoms with Gasteiger partial charge in [0.25, 0.3) is 5.69 Å². The molecule has 1 aromatic rings. The number of hydrogen-bond donors (Lipinski definition) is 0. The summed E-state index contributed by atoms with van der Waals surface area (Å²) in [5.41, 5.74) is 0.725. The smallest absolute Gasteiger partial charge is 0.275 e. The van der Waals surface area contributed by atoms with Crippen LogP contribution in [0.2, 0.25) is 5.02 Å². The topological polar surface area (TPSA) is 70.2 Å². The predicted octanol–water partition coefficient (Wildman–Crippen LogP) is 3.47. The summed E-state index contributed by atoms with van der Waals surface area (Å²) in [5, 5.41) is 20.7. The maximum absolute atomic E-state index is 11.1. The van der Waals surface area contributed by atoms with Crippen molar-refractivity contribution in [2.24, 2.45) is 0 Å². The van der Waals surface area contributed by atoms with Gasteiger partial charge < -0.3 is 0 Å². The normalized spacial score (nSPS) is 18.1. The molecular weight excluding hydrogens is 310 g/mol. The molecule has 0 N–H and O–H groups in total. The van der Waals surface area contributed by atoms with E-state index in [1.165, 1.54) is 6.07 Å². The number of thioether (sulfide) groups is 1. The van der Waals surface area contributed by atoms with Gasteiger partial charge in [0, 0.05) is 36.3 Å². The van der Waals surface area contributed by atoms with E-state index in [1.807, 2.05) is 6.26 Å². The standard InChI is InChI=1S/C14H16ClN3O2S/c1-21-14(10-16)4-6-17(7-5-14)9-11-2-3-12(15)8-13(11)18(19)20/h2-3,8H,4-7,9H2,1H3. The van der Waals surface area contributed by atoms with Gasteiger partial charge in [-0.15, -0.1) is 11.8 Å². The maximum Gasteiger partial charge on any atom is 0.275 e. The Balaban J connectivity index is 2.08. The van der Waals surface area contributed by atoms with Gasteiger partial charge in [-0.05, 0) is 31.2 Å². The molecule has 0 bridgehead atoms. The number of likely N-dealkylation sites (tertiary alicyclic amines) is 1. The minimum absolute atomic E-state index is 0.0597. The first-order valence-corrected chi connectivity index (χ1v) is 8.21.